The van der Waals surface area contributed by atoms with Crippen molar-refractivity contribution < 1.29 is 9.53 Å². The van der Waals surface area contributed by atoms with E-state index >= 15 is 0 Å². The van der Waals surface area contributed by atoms with Crippen molar-refractivity contribution >= 4 is 16.8 Å². The van der Waals surface area contributed by atoms with E-state index in [0.29, 0.717) is 18.5 Å². The van der Waals surface area contributed by atoms with Crippen molar-refractivity contribution in [1.82, 2.24) is 14.4 Å². The van der Waals surface area contributed by atoms with Gasteiger partial charge in [-0.15, -0.1) is 0 Å². The third kappa shape index (κ3) is 3.31. The van der Waals surface area contributed by atoms with Crippen molar-refractivity contribution in [1.29, 1.82) is 0 Å². The highest BCUT2D eigenvalue weighted by molar-refractivity contribution is 5.83. The molecule has 1 aromatic carbocycles. The van der Waals surface area contributed by atoms with E-state index in [1.165, 1.54) is 5.39 Å². The summed E-state index contributed by atoms with van der Waals surface area (Å²) in [6.45, 7) is 8.03. The number of hydrogen-bond acceptors (Lipinski definition) is 3. The number of rotatable bonds is 4. The van der Waals surface area contributed by atoms with Gasteiger partial charge in [0.1, 0.15) is 6.54 Å². The lowest BCUT2D eigenvalue weighted by Crippen LogP contribution is -2.47. The van der Waals surface area contributed by atoms with Crippen LogP contribution in [0.5, 0.6) is 0 Å². The molecule has 2 unspecified atom stereocenters. The largest absolute Gasteiger partial charge is 0.379 e. The third-order valence-electron chi connectivity index (χ3n) is 5.78. The molecule has 0 saturated carbocycles. The minimum absolute atomic E-state index is 0.232. The van der Waals surface area contributed by atoms with E-state index < -0.39 is 0 Å². The third-order valence-corrected chi connectivity index (χ3v) is 5.78. The average molecular weight is 341 g/mol. The lowest BCUT2D eigenvalue weighted by molar-refractivity contribution is -0.131. The van der Waals surface area contributed by atoms with Crippen molar-refractivity contribution in [3.05, 3.63) is 36.5 Å². The summed E-state index contributed by atoms with van der Waals surface area (Å²) < 4.78 is 7.56. The molecule has 1 aromatic heterocycles. The van der Waals surface area contributed by atoms with Crippen LogP contribution in [0.25, 0.3) is 10.9 Å². The Kier molecular flexibility index (Phi) is 4.77. The number of amides is 1. The van der Waals surface area contributed by atoms with Crippen LogP contribution in [-0.4, -0.2) is 65.7 Å². The Hall–Kier alpha value is -1.85. The maximum Gasteiger partial charge on any atom is 0.242 e. The van der Waals surface area contributed by atoms with Gasteiger partial charge in [0.25, 0.3) is 0 Å². The molecule has 5 heteroatoms. The van der Waals surface area contributed by atoms with Crippen LogP contribution in [0.15, 0.2) is 36.5 Å². The van der Waals surface area contributed by atoms with Gasteiger partial charge in [-0.1, -0.05) is 31.5 Å². The van der Waals surface area contributed by atoms with E-state index in [4.69, 9.17) is 4.74 Å². The molecule has 2 aromatic rings. The van der Waals surface area contributed by atoms with Crippen molar-refractivity contribution in [3.63, 3.8) is 0 Å². The minimum Gasteiger partial charge on any atom is -0.379 e. The summed E-state index contributed by atoms with van der Waals surface area (Å²) in [6.07, 6.45) is 3.15. The Balaban J connectivity index is 1.45. The highest BCUT2D eigenvalue weighted by atomic mass is 16.5. The zero-order valence-electron chi connectivity index (χ0n) is 14.9. The summed E-state index contributed by atoms with van der Waals surface area (Å²) in [5.41, 5.74) is 1.13. The van der Waals surface area contributed by atoms with Crippen LogP contribution < -0.4 is 0 Å². The molecule has 2 fully saturated rings. The number of likely N-dealkylation sites (tertiary alicyclic amines) is 1. The van der Waals surface area contributed by atoms with Crippen molar-refractivity contribution in [2.75, 3.05) is 39.4 Å². The van der Waals surface area contributed by atoms with Crippen molar-refractivity contribution in [2.24, 2.45) is 5.92 Å². The number of carbonyl (C=O) groups is 1. The Bertz CT molecular complexity index is 735. The zero-order valence-corrected chi connectivity index (χ0v) is 14.9. The molecule has 1 amide bonds. The molecular formula is C20H27N3O2. The van der Waals surface area contributed by atoms with Gasteiger partial charge in [-0.05, 0) is 23.4 Å². The molecular weight excluding hydrogens is 314 g/mol. The molecule has 0 radical (unpaired) electrons. The first-order chi connectivity index (χ1) is 12.3. The second-order valence-corrected chi connectivity index (χ2v) is 7.19. The fourth-order valence-electron chi connectivity index (χ4n) is 4.31. The van der Waals surface area contributed by atoms with E-state index in [1.807, 2.05) is 18.3 Å². The van der Waals surface area contributed by atoms with Gasteiger partial charge in [0.2, 0.25) is 5.91 Å². The molecule has 2 aliphatic heterocycles. The second-order valence-electron chi connectivity index (χ2n) is 7.19. The van der Waals surface area contributed by atoms with Crippen LogP contribution in [0.2, 0.25) is 0 Å². The number of benzene rings is 1. The molecule has 2 saturated heterocycles. The van der Waals surface area contributed by atoms with Crippen LogP contribution in [0.4, 0.5) is 0 Å². The molecule has 3 heterocycles. The SMILES string of the molecule is CCC1CN(C(=O)Cn2ccc3ccccc32)CC1N1CCOCC1. The summed E-state index contributed by atoms with van der Waals surface area (Å²) in [4.78, 5) is 17.5. The Labute approximate surface area is 149 Å². The summed E-state index contributed by atoms with van der Waals surface area (Å²) in [5, 5.41) is 1.19. The highest BCUT2D eigenvalue weighted by Gasteiger charge is 2.37. The average Bonchev–Trinajstić information content (AvgIpc) is 3.27. The molecule has 2 aliphatic rings. The quantitative estimate of drug-likeness (QED) is 0.856. The van der Waals surface area contributed by atoms with E-state index in [1.54, 1.807) is 0 Å². The van der Waals surface area contributed by atoms with Crippen LogP contribution in [0, 0.1) is 5.92 Å². The van der Waals surface area contributed by atoms with Gasteiger partial charge in [-0.2, -0.15) is 0 Å². The molecule has 0 aliphatic carbocycles. The molecule has 0 N–H and O–H groups in total. The zero-order chi connectivity index (χ0) is 17.2. The van der Waals surface area contributed by atoms with Crippen molar-refractivity contribution in [3.8, 4) is 0 Å². The fraction of sp³-hybridized carbons (Fsp3) is 0.550. The van der Waals surface area contributed by atoms with Crippen LogP contribution in [0.3, 0.4) is 0 Å². The Morgan fingerprint density at radius 1 is 1.16 bits per heavy atom. The standard InChI is InChI=1S/C20H27N3O2/c1-2-16-13-23(14-19(16)21-9-11-25-12-10-21)20(24)15-22-8-7-17-5-3-4-6-18(17)22/h3-8,16,19H,2,9-15H2,1H3. The smallest absolute Gasteiger partial charge is 0.242 e. The molecule has 5 nitrogen and oxygen atoms in total. The maximum atomic E-state index is 12.9. The van der Waals surface area contributed by atoms with Gasteiger partial charge in [0.15, 0.2) is 0 Å². The molecule has 0 bridgehead atoms. The number of aromatic nitrogens is 1. The first-order valence-corrected chi connectivity index (χ1v) is 9.39. The first-order valence-electron chi connectivity index (χ1n) is 9.39. The van der Waals surface area contributed by atoms with E-state index in [9.17, 15) is 4.79 Å². The molecule has 4 rings (SSSR count). The number of para-hydroxylation sites is 1. The number of ether oxygens (including phenoxy) is 1. The Morgan fingerprint density at radius 3 is 2.76 bits per heavy atom. The van der Waals surface area contributed by atoms with Crippen LogP contribution >= 0.6 is 0 Å². The van der Waals surface area contributed by atoms with Gasteiger partial charge in [-0.25, -0.2) is 0 Å². The molecule has 134 valence electrons. The van der Waals surface area contributed by atoms with E-state index in [-0.39, 0.29) is 5.91 Å². The van der Waals surface area contributed by atoms with E-state index in [2.05, 4.69) is 39.5 Å². The summed E-state index contributed by atoms with van der Waals surface area (Å²) in [6, 6.07) is 10.8. The lowest BCUT2D eigenvalue weighted by atomic mass is 9.99. The Morgan fingerprint density at radius 2 is 1.96 bits per heavy atom. The molecule has 25 heavy (non-hydrogen) atoms. The first kappa shape index (κ1) is 16.6. The van der Waals surface area contributed by atoms with E-state index in [0.717, 1.165) is 51.3 Å². The molecule has 0 spiro atoms. The van der Waals surface area contributed by atoms with Gasteiger partial charge in [0, 0.05) is 43.9 Å². The number of fused-ring (bicyclic) bond motifs is 1. The lowest BCUT2D eigenvalue weighted by Gasteiger charge is -2.34. The maximum absolute atomic E-state index is 12.9. The summed E-state index contributed by atoms with van der Waals surface area (Å²) in [5.74, 6) is 0.805. The number of nitrogens with zero attached hydrogens (tertiary/aromatic N) is 3. The number of morpholine rings is 1. The van der Waals surface area contributed by atoms with Gasteiger partial charge in [-0.3, -0.25) is 9.69 Å². The van der Waals surface area contributed by atoms with Gasteiger partial charge >= 0.3 is 0 Å². The van der Waals surface area contributed by atoms with Crippen LogP contribution in [-0.2, 0) is 16.1 Å². The number of carbonyl (C=O) groups excluding carboxylic acids is 1. The summed E-state index contributed by atoms with van der Waals surface area (Å²) in [7, 11) is 0. The number of hydrogen-bond donors (Lipinski definition) is 0. The van der Waals surface area contributed by atoms with Gasteiger partial charge < -0.3 is 14.2 Å². The summed E-state index contributed by atoms with van der Waals surface area (Å²) >= 11 is 0. The van der Waals surface area contributed by atoms with Crippen molar-refractivity contribution in [2.45, 2.75) is 25.9 Å². The molecule has 2 atom stereocenters. The fourth-order valence-corrected chi connectivity index (χ4v) is 4.31. The predicted molar refractivity (Wildman–Crippen MR) is 98.5 cm³/mol. The highest BCUT2D eigenvalue weighted by Crippen LogP contribution is 2.26. The minimum atomic E-state index is 0.232. The second kappa shape index (κ2) is 7.18. The van der Waals surface area contributed by atoms with Gasteiger partial charge in [0.05, 0.1) is 13.2 Å². The monoisotopic (exact) mass is 341 g/mol. The predicted octanol–water partition coefficient (Wildman–Crippen LogP) is 2.21. The topological polar surface area (TPSA) is 37.7 Å². The van der Waals surface area contributed by atoms with Crippen LogP contribution in [0.1, 0.15) is 13.3 Å². The normalized spacial score (nSPS) is 24.9.